The van der Waals surface area contributed by atoms with E-state index in [4.69, 9.17) is 0 Å². The Balaban J connectivity index is 1.68. The van der Waals surface area contributed by atoms with E-state index in [2.05, 4.69) is 0 Å². The molecule has 2 aliphatic rings. The number of hydrogen-bond donors (Lipinski definition) is 0. The van der Waals surface area contributed by atoms with E-state index in [1.54, 1.807) is 24.3 Å². The van der Waals surface area contributed by atoms with Crippen molar-refractivity contribution in [1.82, 2.24) is 0 Å². The van der Waals surface area contributed by atoms with E-state index in [-0.39, 0.29) is 44.5 Å². The number of hydrogen-bond acceptors (Lipinski definition) is 4. The van der Waals surface area contributed by atoms with Gasteiger partial charge in [0.25, 0.3) is 0 Å². The van der Waals surface area contributed by atoms with Gasteiger partial charge in [-0.15, -0.1) is 0 Å². The molecule has 232 valence electrons. The molecular formula is C34H6F10N4. The maximum Gasteiger partial charge on any atom is 0.200 e. The molecule has 0 atom stereocenters. The number of halogens is 10. The van der Waals surface area contributed by atoms with Gasteiger partial charge < -0.3 is 0 Å². The Morgan fingerprint density at radius 2 is 0.646 bits per heavy atom. The number of rotatable bonds is 2. The molecule has 0 saturated heterocycles. The van der Waals surface area contributed by atoms with Crippen LogP contribution in [-0.4, -0.2) is 0 Å². The minimum atomic E-state index is -2.41. The molecule has 4 aromatic carbocycles. The molecule has 0 spiro atoms. The third kappa shape index (κ3) is 4.07. The zero-order valence-corrected chi connectivity index (χ0v) is 23.0. The molecular weight excluding hydrogens is 654 g/mol. The van der Waals surface area contributed by atoms with Gasteiger partial charge >= 0.3 is 0 Å². The normalized spacial score (nSPS) is 12.5. The third-order valence-electron chi connectivity index (χ3n) is 7.81. The van der Waals surface area contributed by atoms with Crippen molar-refractivity contribution in [3.63, 3.8) is 0 Å². The van der Waals surface area contributed by atoms with Crippen molar-refractivity contribution in [2.24, 2.45) is 0 Å². The van der Waals surface area contributed by atoms with Crippen LogP contribution in [0, 0.1) is 103 Å². The SMILES string of the molecule is N#CC(C#N)=C1C2=C(C(=C(C#N)C#N)c3cc(-c4c(F)c(F)c(F)c(F)c4F)ccc32)c2ccc(-c3c(F)c(F)c(F)c(F)c3F)cc21. The van der Waals surface area contributed by atoms with Gasteiger partial charge in [0.2, 0.25) is 11.6 Å². The van der Waals surface area contributed by atoms with E-state index in [0.29, 0.717) is 0 Å². The maximum atomic E-state index is 14.8. The average Bonchev–Trinajstić information content (AvgIpc) is 3.58. The summed E-state index contributed by atoms with van der Waals surface area (Å²) in [7, 11) is 0. The van der Waals surface area contributed by atoms with E-state index >= 15 is 0 Å². The van der Waals surface area contributed by atoms with Gasteiger partial charge in [-0.3, -0.25) is 0 Å². The Hall–Kier alpha value is -6.64. The van der Waals surface area contributed by atoms with E-state index < -0.39 is 91.6 Å². The van der Waals surface area contributed by atoms with Crippen molar-refractivity contribution >= 4 is 22.3 Å². The van der Waals surface area contributed by atoms with Crippen molar-refractivity contribution in [3.8, 4) is 46.5 Å². The van der Waals surface area contributed by atoms with E-state index in [1.807, 2.05) is 0 Å². The molecule has 0 fully saturated rings. The first-order valence-corrected chi connectivity index (χ1v) is 13.0. The molecule has 4 aromatic rings. The summed E-state index contributed by atoms with van der Waals surface area (Å²) < 4.78 is 143. The second-order valence-electron chi connectivity index (χ2n) is 10.1. The molecule has 0 saturated carbocycles. The van der Waals surface area contributed by atoms with Crippen LogP contribution in [0.4, 0.5) is 43.9 Å². The van der Waals surface area contributed by atoms with E-state index in [9.17, 15) is 65.0 Å². The lowest BCUT2D eigenvalue weighted by Gasteiger charge is -2.16. The molecule has 4 nitrogen and oxygen atoms in total. The van der Waals surface area contributed by atoms with Crippen molar-refractivity contribution < 1.29 is 43.9 Å². The molecule has 0 N–H and O–H groups in total. The monoisotopic (exact) mass is 660 g/mol. The van der Waals surface area contributed by atoms with Gasteiger partial charge in [0.05, 0.1) is 11.1 Å². The molecule has 2 aliphatic carbocycles. The minimum absolute atomic E-state index is 0.0115. The lowest BCUT2D eigenvalue weighted by atomic mass is 9.86. The number of allylic oxidation sites excluding steroid dienone is 6. The maximum absolute atomic E-state index is 14.8. The summed E-state index contributed by atoms with van der Waals surface area (Å²) in [5, 5.41) is 39.4. The van der Waals surface area contributed by atoms with Crippen molar-refractivity contribution in [2.45, 2.75) is 0 Å². The molecule has 14 heteroatoms. The van der Waals surface area contributed by atoms with Crippen LogP contribution < -0.4 is 0 Å². The molecule has 0 amide bonds. The van der Waals surface area contributed by atoms with Crippen LogP contribution in [0.1, 0.15) is 22.3 Å². The fourth-order valence-electron chi connectivity index (χ4n) is 5.82. The number of fused-ring (bicyclic) bond motifs is 4. The van der Waals surface area contributed by atoms with E-state index in [1.165, 1.54) is 0 Å². The number of nitrogens with zero attached hydrogens (tertiary/aromatic N) is 4. The van der Waals surface area contributed by atoms with Gasteiger partial charge in [-0.25, -0.2) is 43.9 Å². The number of nitriles is 4. The molecule has 6 rings (SSSR count). The highest BCUT2D eigenvalue weighted by Crippen LogP contribution is 2.60. The highest BCUT2D eigenvalue weighted by Gasteiger charge is 2.41. The third-order valence-corrected chi connectivity index (χ3v) is 7.81. The van der Waals surface area contributed by atoms with Crippen LogP contribution in [0.5, 0.6) is 0 Å². The fourth-order valence-corrected chi connectivity index (χ4v) is 5.82. The Kier molecular flexibility index (Phi) is 7.19. The fraction of sp³-hybridized carbons (Fsp3) is 0. The first kappa shape index (κ1) is 31.3. The Bertz CT molecular complexity index is 2240. The largest absolute Gasteiger partial charge is 0.203 e. The quantitative estimate of drug-likeness (QED) is 0.0929. The van der Waals surface area contributed by atoms with Crippen molar-refractivity contribution in [2.75, 3.05) is 0 Å². The van der Waals surface area contributed by atoms with Crippen LogP contribution in [0.2, 0.25) is 0 Å². The lowest BCUT2D eigenvalue weighted by Crippen LogP contribution is -2.05. The molecule has 0 radical (unpaired) electrons. The summed E-state index contributed by atoms with van der Waals surface area (Å²) in [6.45, 7) is 0. The van der Waals surface area contributed by atoms with Gasteiger partial charge in [0.1, 0.15) is 35.4 Å². The topological polar surface area (TPSA) is 95.2 Å². The first-order chi connectivity index (χ1) is 22.8. The van der Waals surface area contributed by atoms with Crippen LogP contribution in [0.25, 0.3) is 44.5 Å². The lowest BCUT2D eigenvalue weighted by molar-refractivity contribution is 0.381. The van der Waals surface area contributed by atoms with Crippen LogP contribution >= 0.6 is 0 Å². The van der Waals surface area contributed by atoms with Crippen molar-refractivity contribution in [1.29, 1.82) is 21.0 Å². The molecule has 0 aliphatic heterocycles. The second kappa shape index (κ2) is 11.0. The number of benzene rings is 4. The summed E-state index contributed by atoms with van der Waals surface area (Å²) in [5.74, 6) is -22.5. The first-order valence-electron chi connectivity index (χ1n) is 13.0. The van der Waals surface area contributed by atoms with Crippen LogP contribution in [0.3, 0.4) is 0 Å². The molecule has 0 heterocycles. The highest BCUT2D eigenvalue weighted by atomic mass is 19.2. The zero-order valence-electron chi connectivity index (χ0n) is 23.0. The summed E-state index contributed by atoms with van der Waals surface area (Å²) >= 11 is 0. The van der Waals surface area contributed by atoms with E-state index in [0.717, 1.165) is 36.4 Å². The highest BCUT2D eigenvalue weighted by molar-refractivity contribution is 6.38. The summed E-state index contributed by atoms with van der Waals surface area (Å²) in [6.07, 6.45) is 0. The Labute approximate surface area is 261 Å². The van der Waals surface area contributed by atoms with Crippen LogP contribution in [-0.2, 0) is 0 Å². The molecule has 0 unspecified atom stereocenters. The van der Waals surface area contributed by atoms with Gasteiger partial charge in [0.15, 0.2) is 46.5 Å². The van der Waals surface area contributed by atoms with Gasteiger partial charge in [0, 0.05) is 22.3 Å². The zero-order chi connectivity index (χ0) is 34.9. The van der Waals surface area contributed by atoms with Crippen LogP contribution in [0.15, 0.2) is 47.5 Å². The van der Waals surface area contributed by atoms with Gasteiger partial charge in [-0.2, -0.15) is 21.0 Å². The van der Waals surface area contributed by atoms with Crippen molar-refractivity contribution in [3.05, 3.63) is 128 Å². The summed E-state index contributed by atoms with van der Waals surface area (Å²) in [5.41, 5.74) is -6.16. The van der Waals surface area contributed by atoms with Gasteiger partial charge in [-0.05, 0) is 45.5 Å². The predicted molar refractivity (Wildman–Crippen MR) is 146 cm³/mol. The second-order valence-corrected chi connectivity index (χ2v) is 10.1. The molecule has 0 bridgehead atoms. The Morgan fingerprint density at radius 1 is 0.375 bits per heavy atom. The van der Waals surface area contributed by atoms with Gasteiger partial charge in [-0.1, -0.05) is 24.3 Å². The summed E-state index contributed by atoms with van der Waals surface area (Å²) in [4.78, 5) is 0. The smallest absolute Gasteiger partial charge is 0.200 e. The minimum Gasteiger partial charge on any atom is -0.203 e. The summed E-state index contributed by atoms with van der Waals surface area (Å²) in [6, 6.07) is 12.4. The molecule has 48 heavy (non-hydrogen) atoms. The predicted octanol–water partition coefficient (Wildman–Crippen LogP) is 8.95. The average molecular weight is 660 g/mol. The Morgan fingerprint density at radius 3 is 0.917 bits per heavy atom. The molecule has 0 aromatic heterocycles. The standard InChI is InChI=1S/C34H6F10N4/c35-25-21(26(36)30(40)33(43)29(25)39)11-1-3-15-17(5-11)19(13(7-45)8-46)24-16-4-2-12(6-18(16)20(23(15)24)14(9-47)10-48)22-27(37)31(41)34(44)32(42)28(22)38/h1-6H.